The van der Waals surface area contributed by atoms with Crippen molar-refractivity contribution in [2.24, 2.45) is 0 Å². The third kappa shape index (κ3) is 3.65. The van der Waals surface area contributed by atoms with Gasteiger partial charge in [-0.05, 0) is 45.8 Å². The maximum Gasteiger partial charge on any atom is 0.167 e. The van der Waals surface area contributed by atoms with Crippen molar-refractivity contribution in [2.75, 3.05) is 0 Å². The van der Waals surface area contributed by atoms with Gasteiger partial charge in [0.05, 0.1) is 12.4 Å². The summed E-state index contributed by atoms with van der Waals surface area (Å²) in [4.78, 5) is 14.3. The van der Waals surface area contributed by atoms with E-state index in [-0.39, 0.29) is 29.3 Å². The second kappa shape index (κ2) is 8.61. The maximum absolute atomic E-state index is 8.61. The van der Waals surface area contributed by atoms with Crippen LogP contribution >= 0.6 is 0 Å². The molecule has 0 bridgehead atoms. The van der Waals surface area contributed by atoms with Crippen molar-refractivity contribution in [1.29, 1.82) is 0 Å². The normalized spacial score (nSPS) is 13.4. The van der Waals surface area contributed by atoms with E-state index in [2.05, 4.69) is 17.1 Å². The smallest absolute Gasteiger partial charge is 0.167 e. The minimum Gasteiger partial charge on any atom is -0.455 e. The van der Waals surface area contributed by atoms with E-state index < -0.39 is 18.1 Å². The molecule has 0 amide bonds. The Bertz CT molecular complexity index is 2440. The van der Waals surface area contributed by atoms with Crippen LogP contribution in [-0.4, -0.2) is 15.0 Å². The summed E-state index contributed by atoms with van der Waals surface area (Å²) < 4.78 is 48.2. The molecular weight excluding hydrogens is 478 g/mol. The molecule has 0 unspecified atom stereocenters. The van der Waals surface area contributed by atoms with Gasteiger partial charge < -0.3 is 4.42 Å². The molecule has 0 aliphatic carbocycles. The molecule has 8 rings (SSSR count). The fourth-order valence-electron chi connectivity index (χ4n) is 5.09. The minimum absolute atomic E-state index is 0.0194. The van der Waals surface area contributed by atoms with Crippen molar-refractivity contribution < 1.29 is 11.3 Å². The summed E-state index contributed by atoms with van der Waals surface area (Å²) in [6.07, 6.45) is 0. The van der Waals surface area contributed by atoms with E-state index in [1.807, 2.05) is 84.9 Å². The van der Waals surface area contributed by atoms with Crippen LogP contribution in [0.4, 0.5) is 0 Å². The largest absolute Gasteiger partial charge is 0.455 e. The lowest BCUT2D eigenvalue weighted by molar-refractivity contribution is 0.670. The quantitative estimate of drug-likeness (QED) is 0.241. The Morgan fingerprint density at radius 2 is 1.18 bits per heavy atom. The van der Waals surface area contributed by atoms with Gasteiger partial charge in [0.1, 0.15) is 11.2 Å². The number of rotatable bonds is 3. The third-order valence-electron chi connectivity index (χ3n) is 6.97. The Labute approximate surface area is 231 Å². The summed E-state index contributed by atoms with van der Waals surface area (Å²) in [7, 11) is 0. The van der Waals surface area contributed by atoms with E-state index in [1.165, 1.54) is 0 Å². The fraction of sp³-hybridized carbons (Fsp3) is 0. The van der Waals surface area contributed by atoms with Crippen LogP contribution in [0.5, 0.6) is 0 Å². The summed E-state index contributed by atoms with van der Waals surface area (Å²) in [5.41, 5.74) is 2.51. The molecule has 0 radical (unpaired) electrons. The molecule has 0 spiro atoms. The van der Waals surface area contributed by atoms with Gasteiger partial charge in [0.15, 0.2) is 17.5 Å². The molecule has 39 heavy (non-hydrogen) atoms. The lowest BCUT2D eigenvalue weighted by Crippen LogP contribution is -2.00. The van der Waals surface area contributed by atoms with Gasteiger partial charge in [-0.3, -0.25) is 0 Å². The van der Waals surface area contributed by atoms with Crippen LogP contribution in [0.3, 0.4) is 0 Å². The average Bonchev–Trinajstić information content (AvgIpc) is 3.42. The van der Waals surface area contributed by atoms with Crippen molar-refractivity contribution in [1.82, 2.24) is 15.0 Å². The molecule has 0 fully saturated rings. The molecule has 0 atom stereocenters. The number of nitrogens with zero attached hydrogens (tertiary/aromatic N) is 3. The summed E-state index contributed by atoms with van der Waals surface area (Å²) >= 11 is 0. The molecule has 0 saturated heterocycles. The topological polar surface area (TPSA) is 51.8 Å². The molecule has 2 heterocycles. The first kappa shape index (κ1) is 17.2. The first-order valence-corrected chi connectivity index (χ1v) is 12.5. The van der Waals surface area contributed by atoms with Gasteiger partial charge in [-0.25, -0.2) is 15.0 Å². The van der Waals surface area contributed by atoms with Crippen molar-refractivity contribution in [3.63, 3.8) is 0 Å². The predicted molar refractivity (Wildman–Crippen MR) is 158 cm³/mol. The van der Waals surface area contributed by atoms with E-state index in [9.17, 15) is 0 Å². The molecule has 0 aliphatic rings. The average molecular weight is 505 g/mol. The fourth-order valence-corrected chi connectivity index (χ4v) is 5.09. The van der Waals surface area contributed by atoms with E-state index in [0.717, 1.165) is 37.9 Å². The maximum atomic E-state index is 8.61. The third-order valence-corrected chi connectivity index (χ3v) is 6.97. The number of furan rings is 1. The number of benzene rings is 6. The highest BCUT2D eigenvalue weighted by Gasteiger charge is 2.18. The summed E-state index contributed by atoms with van der Waals surface area (Å²) in [6.45, 7) is 0. The molecule has 0 saturated carbocycles. The highest BCUT2D eigenvalue weighted by atomic mass is 16.3. The molecule has 8 aromatic rings. The van der Waals surface area contributed by atoms with Gasteiger partial charge >= 0.3 is 0 Å². The van der Waals surface area contributed by atoms with E-state index in [4.69, 9.17) is 21.2 Å². The Morgan fingerprint density at radius 1 is 0.513 bits per heavy atom. The summed E-state index contributed by atoms with van der Waals surface area (Å²) in [5.74, 6) is 0.551. The van der Waals surface area contributed by atoms with Crippen LogP contribution in [0, 0.1) is 0 Å². The molecule has 0 N–H and O–H groups in total. The van der Waals surface area contributed by atoms with Gasteiger partial charge in [-0.2, -0.15) is 0 Å². The number of aromatic nitrogens is 3. The zero-order valence-electron chi connectivity index (χ0n) is 25.5. The van der Waals surface area contributed by atoms with Crippen molar-refractivity contribution >= 4 is 43.5 Å². The number of para-hydroxylation sites is 1. The molecule has 182 valence electrons. The second-order valence-electron chi connectivity index (χ2n) is 9.35. The van der Waals surface area contributed by atoms with Crippen molar-refractivity contribution in [3.05, 3.63) is 127 Å². The zero-order valence-corrected chi connectivity index (χ0v) is 20.5. The minimum atomic E-state index is -0.479. The van der Waals surface area contributed by atoms with Gasteiger partial charge in [0.25, 0.3) is 0 Å². The van der Waals surface area contributed by atoms with Crippen LogP contribution in [0.15, 0.2) is 132 Å². The standard InChI is InChI=1S/C35H21N3O/c1-2-10-23(11-3-1)33-36-34(27-18-17-22-9-4-5-12-24(22)19-27)38-35(37-33)29-16-8-15-28-30-20-25-13-6-7-14-26(25)21-31(30)39-32(28)29/h1-21H/i1D,2D,3D,10D,11D. The Hall–Kier alpha value is -5.35. The zero-order chi connectivity index (χ0) is 30.1. The molecular formula is C35H21N3O. The predicted octanol–water partition coefficient (Wildman–Crippen LogP) is 9.08. The number of hydrogen-bond donors (Lipinski definition) is 0. The molecule has 6 aromatic carbocycles. The highest BCUT2D eigenvalue weighted by molar-refractivity contribution is 6.12. The monoisotopic (exact) mass is 504 g/mol. The molecule has 2 aromatic heterocycles. The van der Waals surface area contributed by atoms with Crippen LogP contribution < -0.4 is 0 Å². The van der Waals surface area contributed by atoms with Crippen LogP contribution in [0.2, 0.25) is 0 Å². The number of hydrogen-bond acceptors (Lipinski definition) is 4. The van der Waals surface area contributed by atoms with E-state index >= 15 is 0 Å². The Kier molecular flexibility index (Phi) is 3.80. The molecule has 4 nitrogen and oxygen atoms in total. The van der Waals surface area contributed by atoms with Gasteiger partial charge in [-0.1, -0.05) is 103 Å². The first-order chi connectivity index (χ1) is 21.4. The first-order valence-electron chi connectivity index (χ1n) is 15.0. The Balaban J connectivity index is 1.42. The number of fused-ring (bicyclic) bond motifs is 5. The highest BCUT2D eigenvalue weighted by Crippen LogP contribution is 2.37. The SMILES string of the molecule is [2H]c1c([2H])c([2H])c(-c2nc(-c3ccc4ccccc4c3)nc(-c3cccc4c3oc3cc5ccccc5cc34)n2)c([2H])c1[2H]. The van der Waals surface area contributed by atoms with Gasteiger partial charge in [0.2, 0.25) is 0 Å². The van der Waals surface area contributed by atoms with E-state index in [1.54, 1.807) is 0 Å². The van der Waals surface area contributed by atoms with Crippen molar-refractivity contribution in [2.45, 2.75) is 0 Å². The lowest BCUT2D eigenvalue weighted by atomic mass is 10.0. The van der Waals surface area contributed by atoms with Crippen molar-refractivity contribution in [3.8, 4) is 34.2 Å². The molecule has 0 aliphatic heterocycles. The summed E-state index contributed by atoms with van der Waals surface area (Å²) in [5, 5.41) is 6.03. The summed E-state index contributed by atoms with van der Waals surface area (Å²) in [6, 6.07) is 29.6. The second-order valence-corrected chi connectivity index (χ2v) is 9.35. The lowest BCUT2D eigenvalue weighted by Gasteiger charge is -2.09. The Morgan fingerprint density at radius 3 is 1.97 bits per heavy atom. The molecule has 4 heteroatoms. The van der Waals surface area contributed by atoms with Crippen LogP contribution in [0.1, 0.15) is 6.85 Å². The van der Waals surface area contributed by atoms with Crippen LogP contribution in [0.25, 0.3) is 77.6 Å². The van der Waals surface area contributed by atoms with Gasteiger partial charge in [-0.15, -0.1) is 0 Å². The van der Waals surface area contributed by atoms with E-state index in [0.29, 0.717) is 22.5 Å². The van der Waals surface area contributed by atoms with Crippen LogP contribution in [-0.2, 0) is 0 Å². The van der Waals surface area contributed by atoms with Gasteiger partial charge in [0, 0.05) is 21.9 Å².